The van der Waals surface area contributed by atoms with Crippen molar-refractivity contribution < 1.29 is 8.42 Å². The molecular formula is C14H12N2O3S. The Balaban J connectivity index is 2.53. The summed E-state index contributed by atoms with van der Waals surface area (Å²) in [6.45, 7) is 0. The Morgan fingerprint density at radius 1 is 1.05 bits per heavy atom. The molecule has 102 valence electrons. The fraction of sp³-hybridized carbons (Fsp3) is 0.0714. The lowest BCUT2D eigenvalue weighted by atomic mass is 10.2. The molecule has 2 aromatic carbocycles. The zero-order valence-corrected chi connectivity index (χ0v) is 11.5. The summed E-state index contributed by atoms with van der Waals surface area (Å²) in [7, 11) is -2.32. The Kier molecular flexibility index (Phi) is 3.91. The van der Waals surface area contributed by atoms with Crippen LogP contribution in [0.4, 0.5) is 5.69 Å². The first kappa shape index (κ1) is 13.9. The smallest absolute Gasteiger partial charge is 0.338 e. The second-order valence-corrected chi connectivity index (χ2v) is 5.95. The molecule has 5 nitrogen and oxygen atoms in total. The van der Waals surface area contributed by atoms with Crippen molar-refractivity contribution >= 4 is 15.7 Å². The van der Waals surface area contributed by atoms with Gasteiger partial charge in [0.05, 0.1) is 5.69 Å². The highest BCUT2D eigenvalue weighted by Gasteiger charge is 2.25. The number of benzene rings is 2. The average molecular weight is 288 g/mol. The average Bonchev–Trinajstić information content (AvgIpc) is 2.48. The third-order valence-corrected chi connectivity index (χ3v) is 4.66. The molecule has 0 fully saturated rings. The summed E-state index contributed by atoms with van der Waals surface area (Å²) >= 11 is 0. The predicted molar refractivity (Wildman–Crippen MR) is 78.2 cm³/mol. The van der Waals surface area contributed by atoms with Gasteiger partial charge in [-0.05, 0) is 24.3 Å². The van der Waals surface area contributed by atoms with Crippen LogP contribution in [-0.4, -0.2) is 15.5 Å². The van der Waals surface area contributed by atoms with E-state index in [0.29, 0.717) is 5.69 Å². The lowest BCUT2D eigenvalue weighted by molar-refractivity contribution is 0.594. The number of hydrogen-bond donors (Lipinski definition) is 0. The van der Waals surface area contributed by atoms with E-state index in [0.717, 1.165) is 4.31 Å². The highest BCUT2D eigenvalue weighted by molar-refractivity contribution is 7.92. The minimum atomic E-state index is -3.77. The van der Waals surface area contributed by atoms with E-state index in [1.165, 1.54) is 19.2 Å². The summed E-state index contributed by atoms with van der Waals surface area (Å²) in [6.07, 6.45) is 0. The van der Waals surface area contributed by atoms with E-state index in [9.17, 15) is 13.6 Å². The summed E-state index contributed by atoms with van der Waals surface area (Å²) in [4.78, 5) is -0.00838. The van der Waals surface area contributed by atoms with Crippen LogP contribution < -0.4 is 4.31 Å². The van der Waals surface area contributed by atoms with Gasteiger partial charge in [0.25, 0.3) is 10.0 Å². The summed E-state index contributed by atoms with van der Waals surface area (Å²) in [6, 6.07) is 16.9. The summed E-state index contributed by atoms with van der Waals surface area (Å²) in [5.41, 5.74) is 0.673. The molecule has 2 aromatic rings. The number of rotatable bonds is 3. The Morgan fingerprint density at radius 3 is 2.30 bits per heavy atom. The van der Waals surface area contributed by atoms with Crippen LogP contribution in [0.5, 0.6) is 0 Å². The fourth-order valence-corrected chi connectivity index (χ4v) is 3.09. The van der Waals surface area contributed by atoms with E-state index >= 15 is 0 Å². The van der Waals surface area contributed by atoms with Gasteiger partial charge in [0.15, 0.2) is 0 Å². The van der Waals surface area contributed by atoms with Crippen molar-refractivity contribution in [3.63, 3.8) is 0 Å². The predicted octanol–water partition coefficient (Wildman–Crippen LogP) is 2.69. The number of sulfonamides is 1. The molecule has 0 aliphatic rings. The second-order valence-electron chi connectivity index (χ2n) is 4.01. The molecule has 0 atom stereocenters. The van der Waals surface area contributed by atoms with E-state index in [2.05, 4.69) is 11.1 Å². The lowest BCUT2D eigenvalue weighted by Crippen LogP contribution is -2.27. The molecular weight excluding hydrogens is 276 g/mol. The molecule has 0 unspecified atom stereocenters. The van der Waals surface area contributed by atoms with Crippen molar-refractivity contribution in [1.29, 1.82) is 0 Å². The van der Waals surface area contributed by atoms with Crippen molar-refractivity contribution in [1.82, 2.24) is 0 Å². The maximum absolute atomic E-state index is 12.6. The van der Waals surface area contributed by atoms with E-state index in [1.54, 1.807) is 42.5 Å². The van der Waals surface area contributed by atoms with Crippen LogP contribution in [0.3, 0.4) is 0 Å². The first-order valence-electron chi connectivity index (χ1n) is 5.79. The Bertz CT molecular complexity index is 762. The van der Waals surface area contributed by atoms with E-state index in [-0.39, 0.29) is 10.5 Å². The maximum Gasteiger partial charge on any atom is 0.338 e. The van der Waals surface area contributed by atoms with Gasteiger partial charge < -0.3 is 5.21 Å². The zero-order chi connectivity index (χ0) is 14.6. The standard InChI is InChI=1S/C14H12N2O3S/c1-16(13-8-3-2-4-9-13)20(18,19)14-10-6-5-7-12(14)11-15-17/h2-10H,1H3. The molecule has 2 rings (SSSR count). The molecule has 0 bridgehead atoms. The fourth-order valence-electron chi connectivity index (χ4n) is 1.76. The van der Waals surface area contributed by atoms with Crippen LogP contribution in [-0.2, 0) is 10.0 Å². The molecule has 0 aliphatic heterocycles. The van der Waals surface area contributed by atoms with Crippen LogP contribution in [0.1, 0.15) is 5.56 Å². The van der Waals surface area contributed by atoms with E-state index < -0.39 is 10.0 Å². The largest absolute Gasteiger partial charge is 0.498 e. The van der Waals surface area contributed by atoms with Gasteiger partial charge in [-0.2, -0.15) is 0 Å². The van der Waals surface area contributed by atoms with Crippen molar-refractivity contribution in [3.8, 4) is 6.07 Å². The number of anilines is 1. The highest BCUT2D eigenvalue weighted by Crippen LogP contribution is 2.23. The van der Waals surface area contributed by atoms with Crippen LogP contribution in [0.2, 0.25) is 0 Å². The lowest BCUT2D eigenvalue weighted by Gasteiger charge is -2.19. The molecule has 0 saturated carbocycles. The molecule has 0 saturated heterocycles. The van der Waals surface area contributed by atoms with Gasteiger partial charge in [-0.1, -0.05) is 30.3 Å². The van der Waals surface area contributed by atoms with Gasteiger partial charge in [0, 0.05) is 12.1 Å². The molecule has 0 heterocycles. The Hall–Kier alpha value is -2.52. The third kappa shape index (κ3) is 2.58. The Labute approximate surface area is 117 Å². The van der Waals surface area contributed by atoms with Gasteiger partial charge in [-0.15, -0.1) is 0 Å². The SMILES string of the molecule is CN(c1ccccc1)S(=O)(=O)c1ccccc1C#[N+][O-]. The summed E-state index contributed by atoms with van der Waals surface area (Å²) < 4.78 is 26.3. The molecule has 0 aliphatic carbocycles. The van der Waals surface area contributed by atoms with Crippen molar-refractivity contribution in [2.75, 3.05) is 11.4 Å². The normalized spacial score (nSPS) is 10.4. The van der Waals surface area contributed by atoms with Gasteiger partial charge >= 0.3 is 6.07 Å². The van der Waals surface area contributed by atoms with Gasteiger partial charge in [-0.3, -0.25) is 4.31 Å². The molecule has 0 amide bonds. The topological polar surface area (TPSA) is 64.8 Å². The van der Waals surface area contributed by atoms with Gasteiger partial charge in [-0.25, -0.2) is 8.42 Å². The summed E-state index contributed by atoms with van der Waals surface area (Å²) in [5, 5.41) is 12.9. The minimum absolute atomic E-state index is 0.00838. The van der Waals surface area contributed by atoms with Crippen molar-refractivity contribution in [2.45, 2.75) is 4.90 Å². The quantitative estimate of drug-likeness (QED) is 0.816. The maximum atomic E-state index is 12.6. The molecule has 6 heteroatoms. The highest BCUT2D eigenvalue weighted by atomic mass is 32.2. The second kappa shape index (κ2) is 5.63. The molecule has 0 radical (unpaired) electrons. The monoisotopic (exact) mass is 288 g/mol. The molecule has 0 N–H and O–H groups in total. The minimum Gasteiger partial charge on any atom is -0.498 e. The van der Waals surface area contributed by atoms with Crippen LogP contribution in [0.25, 0.3) is 5.01 Å². The number of para-hydroxylation sites is 1. The van der Waals surface area contributed by atoms with Crippen LogP contribution in [0, 0.1) is 11.3 Å². The first-order valence-corrected chi connectivity index (χ1v) is 7.23. The van der Waals surface area contributed by atoms with Crippen LogP contribution in [0.15, 0.2) is 59.5 Å². The first-order chi connectivity index (χ1) is 9.57. The summed E-state index contributed by atoms with van der Waals surface area (Å²) in [5.74, 6) is 0. The van der Waals surface area contributed by atoms with Crippen molar-refractivity contribution in [2.24, 2.45) is 0 Å². The van der Waals surface area contributed by atoms with E-state index in [1.807, 2.05) is 0 Å². The third-order valence-electron chi connectivity index (χ3n) is 2.81. The molecule has 0 spiro atoms. The molecule has 0 aromatic heterocycles. The molecule has 20 heavy (non-hydrogen) atoms. The number of hydrogen-bond acceptors (Lipinski definition) is 3. The van der Waals surface area contributed by atoms with Crippen molar-refractivity contribution in [3.05, 3.63) is 70.4 Å². The zero-order valence-electron chi connectivity index (χ0n) is 10.7. The van der Waals surface area contributed by atoms with Crippen LogP contribution >= 0.6 is 0 Å². The van der Waals surface area contributed by atoms with Gasteiger partial charge in [0.1, 0.15) is 10.5 Å². The number of nitrogens with zero attached hydrogens (tertiary/aromatic N) is 2. The van der Waals surface area contributed by atoms with Gasteiger partial charge in [0.2, 0.25) is 0 Å². The van der Waals surface area contributed by atoms with E-state index in [4.69, 9.17) is 0 Å². The Morgan fingerprint density at radius 2 is 1.65 bits per heavy atom.